The third-order valence-corrected chi connectivity index (χ3v) is 2.15. The van der Waals surface area contributed by atoms with E-state index in [4.69, 9.17) is 0 Å². The highest BCUT2D eigenvalue weighted by molar-refractivity contribution is 5.09. The fourth-order valence-electron chi connectivity index (χ4n) is 0.754. The Hall–Kier alpha value is -1.57. The lowest BCUT2D eigenvalue weighted by atomic mass is 10.1. The number of hydrogen-bond acceptors (Lipinski definition) is 0. The van der Waals surface area contributed by atoms with Crippen molar-refractivity contribution in [2.24, 2.45) is 0 Å². The lowest BCUT2D eigenvalue weighted by Gasteiger charge is -2.26. The van der Waals surface area contributed by atoms with Gasteiger partial charge in [-0.15, -0.1) is 0 Å². The predicted octanol–water partition coefficient (Wildman–Crippen LogP) is 6.31. The minimum Gasteiger partial charge on any atom is -0.219 e. The second-order valence-electron chi connectivity index (χ2n) is 3.90. The Morgan fingerprint density at radius 1 is 0.760 bits per heavy atom. The Morgan fingerprint density at radius 3 is 1.16 bits per heavy atom. The molecule has 0 radical (unpaired) electrons. The van der Waals surface area contributed by atoms with Crippen LogP contribution in [0.15, 0.2) is 24.8 Å². The van der Waals surface area contributed by atoms with Crippen LogP contribution in [0.4, 0.5) is 65.9 Å². The molecule has 0 heterocycles. The maximum Gasteiger partial charge on any atom is 0.435 e. The molecule has 0 saturated carbocycles. The lowest BCUT2D eigenvalue weighted by Crippen LogP contribution is -2.51. The fourth-order valence-corrected chi connectivity index (χ4v) is 0.754. The first-order valence-corrected chi connectivity index (χ1v) is 5.19. The first kappa shape index (κ1) is 25.7. The highest BCUT2D eigenvalue weighted by Gasteiger charge is 2.71. The molecule has 0 aromatic heterocycles. The van der Waals surface area contributed by atoms with E-state index in [1.807, 2.05) is 6.58 Å². The zero-order chi connectivity index (χ0) is 21.1. The van der Waals surface area contributed by atoms with Gasteiger partial charge in [-0.2, -0.15) is 43.9 Å². The first-order valence-electron chi connectivity index (χ1n) is 5.19. The van der Waals surface area contributed by atoms with Crippen LogP contribution in [0.5, 0.6) is 0 Å². The summed E-state index contributed by atoms with van der Waals surface area (Å²) < 4.78 is 174. The summed E-state index contributed by atoms with van der Waals surface area (Å²) in [6, 6.07) is 0. The molecule has 0 saturated heterocycles. The summed E-state index contributed by atoms with van der Waals surface area (Å²) in [5, 5.41) is 0. The molecule has 0 aliphatic heterocycles. The molecule has 0 aliphatic carbocycles. The van der Waals surface area contributed by atoms with Crippen molar-refractivity contribution < 1.29 is 65.9 Å². The second-order valence-corrected chi connectivity index (χ2v) is 3.90. The van der Waals surface area contributed by atoms with Crippen LogP contribution < -0.4 is 0 Å². The van der Waals surface area contributed by atoms with Crippen molar-refractivity contribution in [3.8, 4) is 0 Å². The number of allylic oxidation sites excluding steroid dienone is 2. The van der Waals surface area contributed by atoms with Crippen LogP contribution in [-0.4, -0.2) is 36.3 Å². The molecule has 0 fully saturated rings. The van der Waals surface area contributed by atoms with Gasteiger partial charge in [-0.1, -0.05) is 6.58 Å². The summed E-state index contributed by atoms with van der Waals surface area (Å²) in [5.41, 5.74) is -5.63. The molecule has 0 unspecified atom stereocenters. The molecule has 0 rings (SSSR count). The van der Waals surface area contributed by atoms with Crippen LogP contribution in [0.1, 0.15) is 0 Å². The molecule has 0 nitrogen and oxygen atoms in total. The summed E-state index contributed by atoms with van der Waals surface area (Å²) in [6.45, 7) is 1.85. The number of hydrogen-bond donors (Lipinski definition) is 0. The van der Waals surface area contributed by atoms with Gasteiger partial charge < -0.3 is 0 Å². The smallest absolute Gasteiger partial charge is 0.219 e. The van der Waals surface area contributed by atoms with Crippen LogP contribution in [0.2, 0.25) is 0 Å². The average molecular weight is 410 g/mol. The van der Waals surface area contributed by atoms with E-state index in [-0.39, 0.29) is 0 Å². The van der Waals surface area contributed by atoms with Gasteiger partial charge >= 0.3 is 36.3 Å². The maximum atomic E-state index is 12.2. The normalized spacial score (nSPS) is 14.6. The minimum absolute atomic E-state index is 1.14. The molecule has 0 aromatic carbocycles. The molecular formula is C10H5F15. The van der Waals surface area contributed by atoms with Crippen molar-refractivity contribution in [3.63, 3.8) is 0 Å². The van der Waals surface area contributed by atoms with Crippen LogP contribution in [-0.2, 0) is 0 Å². The largest absolute Gasteiger partial charge is 0.435 e. The SMILES string of the molecule is C=C(F)C(F)(F)C(F)(F)C(F)F.F/C=C/C(F)(C(F)(F)F)C(F)(F)F. The van der Waals surface area contributed by atoms with E-state index in [1.165, 1.54) is 0 Å². The predicted molar refractivity (Wildman–Crippen MR) is 52.3 cm³/mol. The zero-order valence-electron chi connectivity index (χ0n) is 11.1. The summed E-state index contributed by atoms with van der Waals surface area (Å²) in [6.07, 6.45) is -19.5. The molecule has 25 heavy (non-hydrogen) atoms. The maximum absolute atomic E-state index is 12.2. The zero-order valence-corrected chi connectivity index (χ0v) is 11.1. The minimum atomic E-state index is -6.23. The average Bonchev–Trinajstić information content (AvgIpc) is 2.36. The van der Waals surface area contributed by atoms with Gasteiger partial charge in [0.05, 0.1) is 6.33 Å². The van der Waals surface area contributed by atoms with E-state index in [9.17, 15) is 65.9 Å². The molecule has 150 valence electrons. The fraction of sp³-hybridized carbons (Fsp3) is 0.600. The topological polar surface area (TPSA) is 0 Å². The van der Waals surface area contributed by atoms with E-state index in [2.05, 4.69) is 0 Å². The van der Waals surface area contributed by atoms with Gasteiger partial charge in [0.1, 0.15) is 0 Å². The van der Waals surface area contributed by atoms with Crippen LogP contribution >= 0.6 is 0 Å². The molecule has 0 N–H and O–H groups in total. The van der Waals surface area contributed by atoms with Gasteiger partial charge in [0.25, 0.3) is 0 Å². The second kappa shape index (κ2) is 7.76. The molecule has 0 spiro atoms. The van der Waals surface area contributed by atoms with Gasteiger partial charge in [-0.25, -0.2) is 22.0 Å². The van der Waals surface area contributed by atoms with Gasteiger partial charge in [0.2, 0.25) is 0 Å². The molecule has 0 atom stereocenters. The Bertz CT molecular complexity index is 452. The Balaban J connectivity index is 0. The molecule has 15 heteroatoms. The third-order valence-electron chi connectivity index (χ3n) is 2.15. The van der Waals surface area contributed by atoms with Crippen LogP contribution in [0.25, 0.3) is 0 Å². The van der Waals surface area contributed by atoms with E-state index in [1.54, 1.807) is 0 Å². The summed E-state index contributed by atoms with van der Waals surface area (Å²) in [5.74, 6) is -14.0. The number of halogens is 15. The van der Waals surface area contributed by atoms with Crippen molar-refractivity contribution in [1.82, 2.24) is 0 Å². The molecular weight excluding hydrogens is 405 g/mol. The highest BCUT2D eigenvalue weighted by Crippen LogP contribution is 2.47. The lowest BCUT2D eigenvalue weighted by molar-refractivity contribution is -0.322. The van der Waals surface area contributed by atoms with Crippen molar-refractivity contribution in [3.05, 3.63) is 24.8 Å². The van der Waals surface area contributed by atoms with Gasteiger partial charge in [-0.3, -0.25) is 0 Å². The Kier molecular flexibility index (Phi) is 7.97. The van der Waals surface area contributed by atoms with Crippen molar-refractivity contribution in [1.29, 1.82) is 0 Å². The Morgan fingerprint density at radius 2 is 1.08 bits per heavy atom. The van der Waals surface area contributed by atoms with Crippen LogP contribution in [0.3, 0.4) is 0 Å². The molecule has 0 aliphatic rings. The molecule has 0 bridgehead atoms. The van der Waals surface area contributed by atoms with Crippen molar-refractivity contribution in [2.45, 2.75) is 36.3 Å². The third kappa shape index (κ3) is 5.45. The highest BCUT2D eigenvalue weighted by atomic mass is 19.4. The monoisotopic (exact) mass is 410 g/mol. The number of alkyl halides is 13. The van der Waals surface area contributed by atoms with E-state index in [0.717, 1.165) is 0 Å². The van der Waals surface area contributed by atoms with Crippen molar-refractivity contribution >= 4 is 0 Å². The van der Waals surface area contributed by atoms with E-state index >= 15 is 0 Å². The Labute approximate surface area is 128 Å². The standard InChI is InChI=1S/C5H2F8.C5H3F7/c6-2-1-3(7,4(8,9)10)5(11,12)13;1-2(6)4(9,10)5(11,12)3(7)8/h1-2H;3H,1H2/b2-1+;. The van der Waals surface area contributed by atoms with Gasteiger partial charge in [0, 0.05) is 0 Å². The summed E-state index contributed by atoms with van der Waals surface area (Å²) >= 11 is 0. The summed E-state index contributed by atoms with van der Waals surface area (Å²) in [4.78, 5) is 0. The number of rotatable bonds is 4. The van der Waals surface area contributed by atoms with Crippen LogP contribution in [0, 0.1) is 0 Å². The molecule has 0 aromatic rings. The van der Waals surface area contributed by atoms with E-state index < -0.39 is 54.5 Å². The summed E-state index contributed by atoms with van der Waals surface area (Å²) in [7, 11) is 0. The van der Waals surface area contributed by atoms with E-state index in [0.29, 0.717) is 0 Å². The van der Waals surface area contributed by atoms with Gasteiger partial charge in [0.15, 0.2) is 5.83 Å². The molecule has 0 amide bonds. The van der Waals surface area contributed by atoms with Gasteiger partial charge in [-0.05, 0) is 6.08 Å². The quantitative estimate of drug-likeness (QED) is 0.477. The first-order chi connectivity index (χ1) is 10.7. The van der Waals surface area contributed by atoms with Crippen molar-refractivity contribution in [2.75, 3.05) is 0 Å².